The Labute approximate surface area is 117 Å². The molecule has 0 unspecified atom stereocenters. The molecule has 0 radical (unpaired) electrons. The maximum atomic E-state index is 14.8. The molecule has 1 saturated heterocycles. The van der Waals surface area contributed by atoms with E-state index >= 15 is 0 Å². The van der Waals surface area contributed by atoms with Crippen LogP contribution in [0.4, 0.5) is 4.39 Å². The first-order valence-electron chi connectivity index (χ1n) is 6.50. The Morgan fingerprint density at radius 1 is 1.47 bits per heavy atom. The molecule has 0 bridgehead atoms. The number of piperidine rings is 1. The maximum Gasteiger partial charge on any atom is 0.222 e. The molecule has 1 aromatic heterocycles. The molecule has 2 heterocycles. The molecule has 6 heteroatoms. The third-order valence-corrected chi connectivity index (χ3v) is 3.62. The minimum absolute atomic E-state index is 0.0988. The van der Waals surface area contributed by atoms with Crippen LogP contribution >= 0.6 is 11.6 Å². The van der Waals surface area contributed by atoms with Gasteiger partial charge in [0.1, 0.15) is 5.15 Å². The molecule has 1 amide bonds. The zero-order chi connectivity index (χ0) is 13.9. The highest BCUT2D eigenvalue weighted by Gasteiger charge is 2.39. The summed E-state index contributed by atoms with van der Waals surface area (Å²) in [5.41, 5.74) is -1.26. The Balaban J connectivity index is 2.04. The van der Waals surface area contributed by atoms with E-state index in [0.29, 0.717) is 19.5 Å². The lowest BCUT2D eigenvalue weighted by atomic mass is 9.90. The molecule has 0 saturated carbocycles. The van der Waals surface area contributed by atoms with E-state index in [4.69, 9.17) is 11.6 Å². The van der Waals surface area contributed by atoms with Crippen LogP contribution in [0.5, 0.6) is 0 Å². The Morgan fingerprint density at radius 3 is 2.74 bits per heavy atom. The Kier molecular flexibility index (Phi) is 4.34. The number of alkyl halides is 1. The summed E-state index contributed by atoms with van der Waals surface area (Å²) >= 11 is 5.74. The van der Waals surface area contributed by atoms with Crippen molar-refractivity contribution in [3.05, 3.63) is 23.2 Å². The number of hydrogen-bond acceptors (Lipinski definition) is 3. The van der Waals surface area contributed by atoms with Gasteiger partial charge in [0, 0.05) is 32.4 Å². The first-order valence-corrected chi connectivity index (χ1v) is 6.87. The van der Waals surface area contributed by atoms with Crippen molar-refractivity contribution in [3.8, 4) is 0 Å². The van der Waals surface area contributed by atoms with E-state index in [-0.39, 0.29) is 29.6 Å². The molecule has 1 fully saturated rings. The minimum atomic E-state index is -1.53. The van der Waals surface area contributed by atoms with Crippen molar-refractivity contribution in [1.82, 2.24) is 14.9 Å². The highest BCUT2D eigenvalue weighted by atomic mass is 35.5. The van der Waals surface area contributed by atoms with Crippen molar-refractivity contribution >= 4 is 17.5 Å². The van der Waals surface area contributed by atoms with E-state index in [1.54, 1.807) is 4.90 Å². The first-order chi connectivity index (χ1) is 9.05. The Morgan fingerprint density at radius 2 is 2.16 bits per heavy atom. The first kappa shape index (κ1) is 14.2. The second-order valence-electron chi connectivity index (χ2n) is 4.82. The Hall–Kier alpha value is -1.23. The molecule has 2 rings (SSSR count). The fourth-order valence-electron chi connectivity index (χ4n) is 2.30. The molecule has 0 N–H and O–H groups in total. The lowest BCUT2D eigenvalue weighted by Gasteiger charge is -2.35. The molecule has 0 spiro atoms. The van der Waals surface area contributed by atoms with E-state index in [2.05, 4.69) is 9.97 Å². The summed E-state index contributed by atoms with van der Waals surface area (Å²) in [5.74, 6) is 0.0988. The summed E-state index contributed by atoms with van der Waals surface area (Å²) in [5, 5.41) is 0.194. The van der Waals surface area contributed by atoms with Gasteiger partial charge >= 0.3 is 0 Å². The van der Waals surface area contributed by atoms with Gasteiger partial charge in [-0.2, -0.15) is 0 Å². The molecular weight excluding hydrogens is 269 g/mol. The van der Waals surface area contributed by atoms with E-state index in [1.165, 1.54) is 12.4 Å². The quantitative estimate of drug-likeness (QED) is 0.858. The van der Waals surface area contributed by atoms with Gasteiger partial charge in [-0.05, 0) is 6.42 Å². The predicted octanol–water partition coefficient (Wildman–Crippen LogP) is 2.72. The third-order valence-electron chi connectivity index (χ3n) is 3.44. The number of carbonyl (C=O) groups is 1. The van der Waals surface area contributed by atoms with Crippen molar-refractivity contribution in [3.63, 3.8) is 0 Å². The van der Waals surface area contributed by atoms with Crippen LogP contribution in [0, 0.1) is 0 Å². The lowest BCUT2D eigenvalue weighted by Crippen LogP contribution is -2.43. The smallest absolute Gasteiger partial charge is 0.222 e. The van der Waals surface area contributed by atoms with Crippen LogP contribution in [-0.2, 0) is 10.5 Å². The van der Waals surface area contributed by atoms with Crippen LogP contribution in [0.25, 0.3) is 0 Å². The summed E-state index contributed by atoms with van der Waals surface area (Å²) in [4.78, 5) is 21.3. The van der Waals surface area contributed by atoms with Gasteiger partial charge in [-0.25, -0.2) is 9.37 Å². The van der Waals surface area contributed by atoms with Crippen molar-refractivity contribution in [2.45, 2.75) is 38.3 Å². The molecule has 0 aliphatic carbocycles. The van der Waals surface area contributed by atoms with E-state index in [9.17, 15) is 9.18 Å². The van der Waals surface area contributed by atoms with Crippen molar-refractivity contribution < 1.29 is 9.18 Å². The number of aromatic nitrogens is 2. The van der Waals surface area contributed by atoms with Crippen LogP contribution in [0.15, 0.2) is 12.4 Å². The summed E-state index contributed by atoms with van der Waals surface area (Å²) in [6, 6.07) is 0. The predicted molar refractivity (Wildman–Crippen MR) is 70.6 cm³/mol. The maximum absolute atomic E-state index is 14.8. The highest BCUT2D eigenvalue weighted by Crippen LogP contribution is 2.36. The third kappa shape index (κ3) is 3.21. The van der Waals surface area contributed by atoms with Crippen LogP contribution in [0.1, 0.15) is 38.3 Å². The van der Waals surface area contributed by atoms with Crippen LogP contribution in [0.2, 0.25) is 5.15 Å². The molecule has 104 valence electrons. The zero-order valence-corrected chi connectivity index (χ0v) is 11.7. The molecule has 0 atom stereocenters. The van der Waals surface area contributed by atoms with Gasteiger partial charge in [0.25, 0.3) is 0 Å². The average molecular weight is 286 g/mol. The largest absolute Gasteiger partial charge is 0.342 e. The molecule has 1 aliphatic rings. The number of nitrogens with zero attached hydrogens (tertiary/aromatic N) is 3. The standard InChI is InChI=1S/C13H17ClFN3O/c1-2-3-12(19)18-6-4-13(15,5-7-18)10-8-16-9-11(14)17-10/h8-9H,2-7H2,1H3. The number of carbonyl (C=O) groups excluding carboxylic acids is 1. The average Bonchev–Trinajstić information content (AvgIpc) is 2.40. The van der Waals surface area contributed by atoms with Crippen LogP contribution in [0.3, 0.4) is 0 Å². The number of hydrogen-bond donors (Lipinski definition) is 0. The summed E-state index contributed by atoms with van der Waals surface area (Å²) in [7, 11) is 0. The van der Waals surface area contributed by atoms with Gasteiger partial charge in [0.15, 0.2) is 5.67 Å². The van der Waals surface area contributed by atoms with Gasteiger partial charge in [0.05, 0.1) is 18.1 Å². The number of halogens is 2. The molecule has 19 heavy (non-hydrogen) atoms. The van der Waals surface area contributed by atoms with E-state index in [1.807, 2.05) is 6.92 Å². The second kappa shape index (κ2) is 5.82. The highest BCUT2D eigenvalue weighted by molar-refractivity contribution is 6.29. The van der Waals surface area contributed by atoms with Gasteiger partial charge < -0.3 is 4.90 Å². The van der Waals surface area contributed by atoms with Crippen LogP contribution < -0.4 is 0 Å². The number of likely N-dealkylation sites (tertiary alicyclic amines) is 1. The van der Waals surface area contributed by atoms with Crippen molar-refractivity contribution in [1.29, 1.82) is 0 Å². The van der Waals surface area contributed by atoms with E-state index in [0.717, 1.165) is 6.42 Å². The molecular formula is C13H17ClFN3O. The van der Waals surface area contributed by atoms with Crippen molar-refractivity contribution in [2.24, 2.45) is 0 Å². The summed E-state index contributed by atoms with van der Waals surface area (Å²) in [6.45, 7) is 2.80. The molecule has 1 aromatic rings. The zero-order valence-electron chi connectivity index (χ0n) is 10.9. The van der Waals surface area contributed by atoms with Gasteiger partial charge in [0.2, 0.25) is 5.91 Å². The summed E-state index contributed by atoms with van der Waals surface area (Å²) in [6.07, 6.45) is 4.63. The molecule has 0 aromatic carbocycles. The molecule has 4 nitrogen and oxygen atoms in total. The Bertz CT molecular complexity index is 461. The lowest BCUT2D eigenvalue weighted by molar-refractivity contribution is -0.134. The number of amides is 1. The second-order valence-corrected chi connectivity index (χ2v) is 5.21. The topological polar surface area (TPSA) is 46.1 Å². The van der Waals surface area contributed by atoms with Crippen molar-refractivity contribution in [2.75, 3.05) is 13.1 Å². The van der Waals surface area contributed by atoms with E-state index < -0.39 is 5.67 Å². The SMILES string of the molecule is CCCC(=O)N1CCC(F)(c2cncc(Cl)n2)CC1. The van der Waals surface area contributed by atoms with Gasteiger partial charge in [-0.3, -0.25) is 9.78 Å². The molecule has 1 aliphatic heterocycles. The van der Waals surface area contributed by atoms with Gasteiger partial charge in [-0.15, -0.1) is 0 Å². The fourth-order valence-corrected chi connectivity index (χ4v) is 2.44. The van der Waals surface area contributed by atoms with Gasteiger partial charge in [-0.1, -0.05) is 18.5 Å². The monoisotopic (exact) mass is 285 g/mol. The number of rotatable bonds is 3. The fraction of sp³-hybridized carbons (Fsp3) is 0.615. The summed E-state index contributed by atoms with van der Waals surface area (Å²) < 4.78 is 14.8. The normalized spacial score (nSPS) is 18.4. The van der Waals surface area contributed by atoms with Crippen LogP contribution in [-0.4, -0.2) is 33.9 Å². The minimum Gasteiger partial charge on any atom is -0.342 e.